The number of carbonyl (C=O) groups is 1. The number of aryl methyl sites for hydroxylation is 1. The summed E-state index contributed by atoms with van der Waals surface area (Å²) in [7, 11) is 0. The van der Waals surface area contributed by atoms with Gasteiger partial charge in [0.25, 0.3) is 0 Å². The van der Waals surface area contributed by atoms with Gasteiger partial charge in [0.1, 0.15) is 0 Å². The van der Waals surface area contributed by atoms with Crippen molar-refractivity contribution in [3.8, 4) is 11.4 Å². The number of aromatic nitrogens is 5. The number of nitrogens with zero attached hydrogens (tertiary/aromatic N) is 7. The highest BCUT2D eigenvalue weighted by Crippen LogP contribution is 2.28. The van der Waals surface area contributed by atoms with Crippen LogP contribution in [0.2, 0.25) is 0 Å². The van der Waals surface area contributed by atoms with E-state index in [-0.39, 0.29) is 0 Å². The molecule has 0 bridgehead atoms. The van der Waals surface area contributed by atoms with Gasteiger partial charge in [0.2, 0.25) is 0 Å². The van der Waals surface area contributed by atoms with Crippen molar-refractivity contribution in [2.45, 2.75) is 19.9 Å². The Bertz CT molecular complexity index is 1350. The fourth-order valence-electron chi connectivity index (χ4n) is 4.23. The predicted octanol–water partition coefficient (Wildman–Crippen LogP) is 3.05. The normalized spacial score (nSPS) is 13.8. The molecule has 2 aromatic carbocycles. The molecule has 1 aliphatic rings. The van der Waals surface area contributed by atoms with Gasteiger partial charge >= 0.3 is 6.09 Å². The van der Waals surface area contributed by atoms with Gasteiger partial charge in [0.15, 0.2) is 22.8 Å². The van der Waals surface area contributed by atoms with E-state index in [1.165, 1.54) is 4.90 Å². The summed E-state index contributed by atoms with van der Waals surface area (Å²) in [6.45, 7) is 5.62. The largest absolute Gasteiger partial charge is 0.465 e. The van der Waals surface area contributed by atoms with Crippen LogP contribution in [0.15, 0.2) is 48.5 Å². The topological polar surface area (TPSA) is 136 Å². The molecular weight excluding hydrogens is 460 g/mol. The van der Waals surface area contributed by atoms with Crippen molar-refractivity contribution >= 4 is 34.4 Å². The zero-order valence-electron chi connectivity index (χ0n) is 20.0. The van der Waals surface area contributed by atoms with Crippen LogP contribution in [0.3, 0.4) is 0 Å². The molecule has 3 N–H and O–H groups in total. The molecule has 1 amide bonds. The Morgan fingerprint density at radius 3 is 2.47 bits per heavy atom. The van der Waals surface area contributed by atoms with Gasteiger partial charge in [-0.25, -0.2) is 19.4 Å². The minimum atomic E-state index is -1.01. The van der Waals surface area contributed by atoms with Gasteiger partial charge < -0.3 is 20.5 Å². The van der Waals surface area contributed by atoms with E-state index in [4.69, 9.17) is 20.4 Å². The Kier molecular flexibility index (Phi) is 6.63. The fraction of sp³-hybridized carbons (Fsp3) is 0.320. The SMILES string of the molecule is CCn1nnc2c(N3CCOCC3)nc(-c3ccc(N(CCc4ccc(N)cc4)C(=O)O)cc3)nc21. The number of hydrogen-bond acceptors (Lipinski definition) is 8. The summed E-state index contributed by atoms with van der Waals surface area (Å²) in [5.74, 6) is 1.27. The van der Waals surface area contributed by atoms with Gasteiger partial charge in [-0.15, -0.1) is 5.10 Å². The number of hydrogen-bond donors (Lipinski definition) is 2. The van der Waals surface area contributed by atoms with E-state index in [0.717, 1.165) is 16.9 Å². The van der Waals surface area contributed by atoms with Gasteiger partial charge in [-0.05, 0) is 55.3 Å². The minimum absolute atomic E-state index is 0.323. The van der Waals surface area contributed by atoms with Crippen LogP contribution in [0.4, 0.5) is 22.0 Å². The van der Waals surface area contributed by atoms with Crippen molar-refractivity contribution in [3.05, 3.63) is 54.1 Å². The molecule has 0 radical (unpaired) electrons. The summed E-state index contributed by atoms with van der Waals surface area (Å²) in [5, 5.41) is 18.4. The van der Waals surface area contributed by atoms with Crippen LogP contribution < -0.4 is 15.5 Å². The molecule has 3 heterocycles. The maximum absolute atomic E-state index is 12.0. The molecule has 0 unspecified atom stereocenters. The summed E-state index contributed by atoms with van der Waals surface area (Å²) in [6.07, 6.45) is -0.436. The lowest BCUT2D eigenvalue weighted by Gasteiger charge is -2.28. The number of amides is 1. The van der Waals surface area contributed by atoms with Crippen molar-refractivity contribution in [2.24, 2.45) is 0 Å². The highest BCUT2D eigenvalue weighted by atomic mass is 16.5. The number of nitrogen functional groups attached to an aromatic ring is 1. The Labute approximate surface area is 208 Å². The van der Waals surface area contributed by atoms with Crippen molar-refractivity contribution in [1.82, 2.24) is 25.0 Å². The molecular formula is C25H28N8O3. The Morgan fingerprint density at radius 2 is 1.81 bits per heavy atom. The van der Waals surface area contributed by atoms with E-state index < -0.39 is 6.09 Å². The summed E-state index contributed by atoms with van der Waals surface area (Å²) in [4.78, 5) is 25.1. The molecule has 1 aliphatic heterocycles. The number of carboxylic acid groups (broad SMARTS) is 1. The minimum Gasteiger partial charge on any atom is -0.465 e. The number of fused-ring (bicyclic) bond motifs is 1. The van der Waals surface area contributed by atoms with E-state index in [1.807, 2.05) is 43.3 Å². The summed E-state index contributed by atoms with van der Waals surface area (Å²) >= 11 is 0. The molecule has 0 atom stereocenters. The average Bonchev–Trinajstić information content (AvgIpc) is 3.33. The van der Waals surface area contributed by atoms with Gasteiger partial charge in [-0.2, -0.15) is 0 Å². The van der Waals surface area contributed by atoms with Crippen LogP contribution in [0.1, 0.15) is 12.5 Å². The molecule has 1 saturated heterocycles. The van der Waals surface area contributed by atoms with E-state index in [1.54, 1.807) is 16.8 Å². The lowest BCUT2D eigenvalue weighted by atomic mass is 10.1. The molecule has 5 rings (SSSR count). The third-order valence-corrected chi connectivity index (χ3v) is 6.23. The predicted molar refractivity (Wildman–Crippen MR) is 137 cm³/mol. The zero-order chi connectivity index (χ0) is 25.1. The van der Waals surface area contributed by atoms with E-state index in [2.05, 4.69) is 15.2 Å². The summed E-state index contributed by atoms with van der Waals surface area (Å²) in [6, 6.07) is 14.7. The van der Waals surface area contributed by atoms with Crippen LogP contribution in [0.25, 0.3) is 22.6 Å². The molecule has 4 aromatic rings. The maximum Gasteiger partial charge on any atom is 0.411 e. The van der Waals surface area contributed by atoms with E-state index >= 15 is 0 Å². The van der Waals surface area contributed by atoms with Crippen molar-refractivity contribution in [1.29, 1.82) is 0 Å². The first-order valence-corrected chi connectivity index (χ1v) is 11.9. The summed E-state index contributed by atoms with van der Waals surface area (Å²) < 4.78 is 7.25. The monoisotopic (exact) mass is 488 g/mol. The lowest BCUT2D eigenvalue weighted by molar-refractivity contribution is 0.122. The second-order valence-electron chi connectivity index (χ2n) is 8.52. The number of rotatable bonds is 7. The van der Waals surface area contributed by atoms with Crippen molar-refractivity contribution in [3.63, 3.8) is 0 Å². The number of benzene rings is 2. The summed E-state index contributed by atoms with van der Waals surface area (Å²) in [5.41, 5.74) is 10.1. The van der Waals surface area contributed by atoms with Crippen LogP contribution >= 0.6 is 0 Å². The second-order valence-corrected chi connectivity index (χ2v) is 8.52. The van der Waals surface area contributed by atoms with Crippen LogP contribution in [0, 0.1) is 0 Å². The first kappa shape index (κ1) is 23.5. The Hall–Kier alpha value is -4.25. The standard InChI is InChI=1S/C25H28N8O3/c1-2-33-24-21(29-30-33)23(31-13-15-36-16-14-31)27-22(28-24)18-5-9-20(10-6-18)32(25(34)35)12-11-17-3-7-19(26)8-4-17/h3-10H,2,11-16,26H2,1H3,(H,34,35). The zero-order valence-corrected chi connectivity index (χ0v) is 20.0. The number of ether oxygens (including phenoxy) is 1. The van der Waals surface area contributed by atoms with Crippen molar-refractivity contribution in [2.75, 3.05) is 48.4 Å². The third-order valence-electron chi connectivity index (χ3n) is 6.23. The van der Waals surface area contributed by atoms with Gasteiger partial charge in [0, 0.05) is 43.1 Å². The molecule has 0 aliphatic carbocycles. The number of anilines is 3. The average molecular weight is 489 g/mol. The van der Waals surface area contributed by atoms with Gasteiger partial charge in [0.05, 0.1) is 13.2 Å². The van der Waals surface area contributed by atoms with E-state index in [9.17, 15) is 9.90 Å². The van der Waals surface area contributed by atoms with Crippen LogP contribution in [-0.2, 0) is 17.7 Å². The first-order valence-electron chi connectivity index (χ1n) is 11.9. The molecule has 11 nitrogen and oxygen atoms in total. The van der Waals surface area contributed by atoms with Crippen LogP contribution in [0.5, 0.6) is 0 Å². The van der Waals surface area contributed by atoms with Crippen LogP contribution in [-0.4, -0.2) is 69.0 Å². The van der Waals surface area contributed by atoms with Gasteiger partial charge in [-0.3, -0.25) is 4.90 Å². The molecule has 0 spiro atoms. The van der Waals surface area contributed by atoms with Crippen molar-refractivity contribution < 1.29 is 14.6 Å². The fourth-order valence-corrected chi connectivity index (χ4v) is 4.23. The van der Waals surface area contributed by atoms with Gasteiger partial charge in [-0.1, -0.05) is 17.3 Å². The molecule has 1 fully saturated rings. The Morgan fingerprint density at radius 1 is 1.08 bits per heavy atom. The molecule has 0 saturated carbocycles. The number of nitrogens with two attached hydrogens (primary N) is 1. The first-order chi connectivity index (χ1) is 17.5. The molecule has 186 valence electrons. The number of morpholine rings is 1. The quantitative estimate of drug-likeness (QED) is 0.376. The highest BCUT2D eigenvalue weighted by Gasteiger charge is 2.22. The third kappa shape index (κ3) is 4.78. The maximum atomic E-state index is 12.0. The highest BCUT2D eigenvalue weighted by molar-refractivity contribution is 5.87. The van der Waals surface area contributed by atoms with E-state index in [0.29, 0.717) is 74.2 Å². The second kappa shape index (κ2) is 10.2. The Balaban J connectivity index is 1.43. The molecule has 11 heteroatoms. The smallest absolute Gasteiger partial charge is 0.411 e. The lowest BCUT2D eigenvalue weighted by Crippen LogP contribution is -2.37. The molecule has 2 aromatic heterocycles. The molecule has 36 heavy (non-hydrogen) atoms.